The number of para-hydroxylation sites is 2. The predicted molar refractivity (Wildman–Crippen MR) is 77.6 cm³/mol. The summed E-state index contributed by atoms with van der Waals surface area (Å²) in [6, 6.07) is 7.65. The fourth-order valence-electron chi connectivity index (χ4n) is 2.49. The second kappa shape index (κ2) is 6.33. The van der Waals surface area contributed by atoms with Gasteiger partial charge in [0.1, 0.15) is 6.61 Å². The van der Waals surface area contributed by atoms with Gasteiger partial charge >= 0.3 is 0 Å². The number of piperazine rings is 1. The third-order valence-corrected chi connectivity index (χ3v) is 3.57. The standard InChI is InChI=1S/C14H18N2O3.ClH/c1-10-8-15-6-7-16(10)14(17)13-9-18-11-4-2-3-5-12(11)19-13;/h2-5,10,13,15H,6-9H2,1H3;1H/t10-,13?;/m1./s1. The van der Waals surface area contributed by atoms with E-state index in [1.807, 2.05) is 36.1 Å². The van der Waals surface area contributed by atoms with Gasteiger partial charge in [-0.25, -0.2) is 0 Å². The third-order valence-electron chi connectivity index (χ3n) is 3.57. The van der Waals surface area contributed by atoms with Crippen LogP contribution in [0.3, 0.4) is 0 Å². The molecule has 1 amide bonds. The zero-order valence-electron chi connectivity index (χ0n) is 11.4. The molecule has 6 heteroatoms. The molecule has 0 aromatic heterocycles. The van der Waals surface area contributed by atoms with E-state index >= 15 is 0 Å². The number of fused-ring (bicyclic) bond motifs is 1. The van der Waals surface area contributed by atoms with E-state index in [2.05, 4.69) is 5.32 Å². The highest BCUT2D eigenvalue weighted by Crippen LogP contribution is 2.31. The average Bonchev–Trinajstić information content (AvgIpc) is 2.46. The van der Waals surface area contributed by atoms with Crippen LogP contribution in [0.1, 0.15) is 6.92 Å². The molecule has 1 aromatic rings. The fourth-order valence-corrected chi connectivity index (χ4v) is 2.49. The van der Waals surface area contributed by atoms with Crippen molar-refractivity contribution >= 4 is 18.3 Å². The first-order valence-corrected chi connectivity index (χ1v) is 6.65. The van der Waals surface area contributed by atoms with E-state index in [4.69, 9.17) is 9.47 Å². The Morgan fingerprint density at radius 2 is 2.10 bits per heavy atom. The van der Waals surface area contributed by atoms with Crippen molar-refractivity contribution in [2.75, 3.05) is 26.2 Å². The van der Waals surface area contributed by atoms with E-state index in [0.717, 1.165) is 19.6 Å². The second-order valence-electron chi connectivity index (χ2n) is 4.95. The van der Waals surface area contributed by atoms with Gasteiger partial charge in [0, 0.05) is 25.7 Å². The number of benzene rings is 1. The number of hydrogen-bond acceptors (Lipinski definition) is 4. The molecular weight excluding hydrogens is 280 g/mol. The van der Waals surface area contributed by atoms with Crippen LogP contribution in [0.4, 0.5) is 0 Å². The van der Waals surface area contributed by atoms with Gasteiger partial charge in [-0.2, -0.15) is 0 Å². The Morgan fingerprint density at radius 3 is 2.85 bits per heavy atom. The summed E-state index contributed by atoms with van der Waals surface area (Å²) >= 11 is 0. The molecule has 3 rings (SSSR count). The van der Waals surface area contributed by atoms with Gasteiger partial charge in [-0.05, 0) is 19.1 Å². The number of nitrogens with one attached hydrogen (secondary N) is 1. The van der Waals surface area contributed by atoms with E-state index in [-0.39, 0.29) is 31.0 Å². The van der Waals surface area contributed by atoms with Gasteiger partial charge < -0.3 is 19.7 Å². The number of halogens is 1. The molecule has 1 fully saturated rings. The number of ether oxygens (including phenoxy) is 2. The first-order valence-electron chi connectivity index (χ1n) is 6.65. The first kappa shape index (κ1) is 14.9. The molecule has 5 nitrogen and oxygen atoms in total. The Bertz CT molecular complexity index is 483. The van der Waals surface area contributed by atoms with Gasteiger partial charge in [0.05, 0.1) is 0 Å². The van der Waals surface area contributed by atoms with Crippen LogP contribution in [0, 0.1) is 0 Å². The Balaban J connectivity index is 0.00000147. The lowest BCUT2D eigenvalue weighted by Gasteiger charge is -2.37. The number of amides is 1. The van der Waals surface area contributed by atoms with Crippen molar-refractivity contribution in [1.29, 1.82) is 0 Å². The summed E-state index contributed by atoms with van der Waals surface area (Å²) in [5.41, 5.74) is 0. The largest absolute Gasteiger partial charge is 0.485 e. The summed E-state index contributed by atoms with van der Waals surface area (Å²) in [6.07, 6.45) is -0.532. The van der Waals surface area contributed by atoms with Crippen LogP contribution in [0.15, 0.2) is 24.3 Å². The van der Waals surface area contributed by atoms with Gasteiger partial charge in [-0.1, -0.05) is 12.1 Å². The second-order valence-corrected chi connectivity index (χ2v) is 4.95. The Morgan fingerprint density at radius 1 is 1.35 bits per heavy atom. The Labute approximate surface area is 124 Å². The highest BCUT2D eigenvalue weighted by molar-refractivity contribution is 5.85. The monoisotopic (exact) mass is 298 g/mol. The number of nitrogens with zero attached hydrogens (tertiary/aromatic N) is 1. The SMILES string of the molecule is C[C@@H]1CNCCN1C(=O)C1COc2ccccc2O1.Cl. The van der Waals surface area contributed by atoms with Crippen molar-refractivity contribution in [2.24, 2.45) is 0 Å². The zero-order chi connectivity index (χ0) is 13.2. The lowest BCUT2D eigenvalue weighted by Crippen LogP contribution is -2.57. The summed E-state index contributed by atoms with van der Waals surface area (Å²) < 4.78 is 11.4. The van der Waals surface area contributed by atoms with E-state index in [1.165, 1.54) is 0 Å². The van der Waals surface area contributed by atoms with Crippen LogP contribution < -0.4 is 14.8 Å². The Kier molecular flexibility index (Phi) is 4.73. The van der Waals surface area contributed by atoms with Crippen LogP contribution in [0.5, 0.6) is 11.5 Å². The number of rotatable bonds is 1. The van der Waals surface area contributed by atoms with Crippen molar-refractivity contribution in [3.05, 3.63) is 24.3 Å². The molecule has 2 atom stereocenters. The molecule has 2 aliphatic heterocycles. The van der Waals surface area contributed by atoms with Crippen LogP contribution in [-0.2, 0) is 4.79 Å². The fraction of sp³-hybridized carbons (Fsp3) is 0.500. The Hall–Kier alpha value is -1.46. The molecule has 2 heterocycles. The summed E-state index contributed by atoms with van der Waals surface area (Å²) in [7, 11) is 0. The van der Waals surface area contributed by atoms with Crippen LogP contribution in [0.2, 0.25) is 0 Å². The van der Waals surface area contributed by atoms with Gasteiger partial charge in [0.2, 0.25) is 6.10 Å². The lowest BCUT2D eigenvalue weighted by molar-refractivity contribution is -0.144. The topological polar surface area (TPSA) is 50.8 Å². The van der Waals surface area contributed by atoms with E-state index in [1.54, 1.807) is 0 Å². The molecule has 1 aromatic carbocycles. The molecular formula is C14H19ClN2O3. The molecule has 0 saturated carbocycles. The van der Waals surface area contributed by atoms with Crippen molar-refractivity contribution < 1.29 is 14.3 Å². The molecule has 20 heavy (non-hydrogen) atoms. The van der Waals surface area contributed by atoms with Crippen molar-refractivity contribution in [3.8, 4) is 11.5 Å². The van der Waals surface area contributed by atoms with Crippen LogP contribution in [0.25, 0.3) is 0 Å². The predicted octanol–water partition coefficient (Wildman–Crippen LogP) is 1.07. The van der Waals surface area contributed by atoms with Gasteiger partial charge in [-0.3, -0.25) is 4.79 Å². The smallest absolute Gasteiger partial charge is 0.267 e. The maximum Gasteiger partial charge on any atom is 0.267 e. The van der Waals surface area contributed by atoms with Gasteiger partial charge in [0.15, 0.2) is 11.5 Å². The van der Waals surface area contributed by atoms with Crippen molar-refractivity contribution in [2.45, 2.75) is 19.1 Å². The van der Waals surface area contributed by atoms with Gasteiger partial charge in [0.25, 0.3) is 5.91 Å². The molecule has 1 N–H and O–H groups in total. The molecule has 0 spiro atoms. The third kappa shape index (κ3) is 2.83. The molecule has 0 radical (unpaired) electrons. The molecule has 1 saturated heterocycles. The minimum Gasteiger partial charge on any atom is -0.485 e. The lowest BCUT2D eigenvalue weighted by atomic mass is 10.1. The minimum absolute atomic E-state index is 0. The van der Waals surface area contributed by atoms with Crippen molar-refractivity contribution in [3.63, 3.8) is 0 Å². The summed E-state index contributed by atoms with van der Waals surface area (Å²) in [6.45, 7) is 4.71. The minimum atomic E-state index is -0.532. The summed E-state index contributed by atoms with van der Waals surface area (Å²) in [5, 5.41) is 3.27. The average molecular weight is 299 g/mol. The van der Waals surface area contributed by atoms with Gasteiger partial charge in [-0.15, -0.1) is 12.4 Å². The maximum atomic E-state index is 12.5. The number of hydrogen-bond donors (Lipinski definition) is 1. The maximum absolute atomic E-state index is 12.5. The quantitative estimate of drug-likeness (QED) is 0.843. The summed E-state index contributed by atoms with van der Waals surface area (Å²) in [4.78, 5) is 14.3. The molecule has 1 unspecified atom stereocenters. The molecule has 110 valence electrons. The molecule has 0 bridgehead atoms. The van der Waals surface area contributed by atoms with Crippen molar-refractivity contribution in [1.82, 2.24) is 10.2 Å². The summed E-state index contributed by atoms with van der Waals surface area (Å²) in [5.74, 6) is 1.37. The highest BCUT2D eigenvalue weighted by atomic mass is 35.5. The number of carbonyl (C=O) groups is 1. The number of carbonyl (C=O) groups excluding carboxylic acids is 1. The van der Waals surface area contributed by atoms with E-state index in [0.29, 0.717) is 11.5 Å². The van der Waals surface area contributed by atoms with E-state index in [9.17, 15) is 4.79 Å². The molecule has 0 aliphatic carbocycles. The van der Waals surface area contributed by atoms with Crippen LogP contribution in [-0.4, -0.2) is 49.2 Å². The normalized spacial score (nSPS) is 24.8. The van der Waals surface area contributed by atoms with Crippen LogP contribution >= 0.6 is 12.4 Å². The van der Waals surface area contributed by atoms with E-state index < -0.39 is 6.10 Å². The first-order chi connectivity index (χ1) is 9.25. The zero-order valence-corrected chi connectivity index (χ0v) is 12.2. The highest BCUT2D eigenvalue weighted by Gasteiger charge is 2.33. The molecule has 2 aliphatic rings.